The Balaban J connectivity index is 2.02. The van der Waals surface area contributed by atoms with Gasteiger partial charge in [0.05, 0.1) is 6.54 Å². The largest absolute Gasteiger partial charge is 0.307 e. The number of hydrogen-bond donors (Lipinski definition) is 0. The molecule has 1 aliphatic rings. The molecule has 2 nitrogen and oxygen atoms in total. The molecule has 1 amide bonds. The van der Waals surface area contributed by atoms with Gasteiger partial charge in [0.25, 0.3) is 0 Å². The molecule has 0 aromatic heterocycles. The number of fused-ring (bicyclic) bond motifs is 3. The van der Waals surface area contributed by atoms with Crippen LogP contribution in [0.3, 0.4) is 0 Å². The molecule has 0 N–H and O–H groups in total. The highest BCUT2D eigenvalue weighted by Crippen LogP contribution is 2.47. The van der Waals surface area contributed by atoms with E-state index in [1.165, 1.54) is 0 Å². The maximum absolute atomic E-state index is 13.0. The van der Waals surface area contributed by atoms with Crippen molar-refractivity contribution in [3.8, 4) is 0 Å². The third-order valence-corrected chi connectivity index (χ3v) is 5.72. The van der Waals surface area contributed by atoms with Gasteiger partial charge in [-0.3, -0.25) is 4.79 Å². The first-order valence-electron chi connectivity index (χ1n) is 8.56. The smallest absolute Gasteiger partial charge is 0.228 e. The van der Waals surface area contributed by atoms with Gasteiger partial charge in [-0.05, 0) is 40.1 Å². The molecule has 4 rings (SSSR count). The second kappa shape index (κ2) is 7.20. The van der Waals surface area contributed by atoms with E-state index in [0.29, 0.717) is 15.1 Å². The minimum absolute atomic E-state index is 0.0273. The molecule has 1 atom stereocenters. The fourth-order valence-corrected chi connectivity index (χ4v) is 4.62. The van der Waals surface area contributed by atoms with Crippen LogP contribution in [0.5, 0.6) is 0 Å². The van der Waals surface area contributed by atoms with Gasteiger partial charge in [-0.25, -0.2) is 0 Å². The molecule has 0 saturated heterocycles. The average molecular weight is 417 g/mol. The molecule has 0 aliphatic carbocycles. The van der Waals surface area contributed by atoms with Crippen LogP contribution in [0, 0.1) is 0 Å². The Bertz CT molecular complexity index is 1060. The van der Waals surface area contributed by atoms with Crippen molar-refractivity contribution in [2.45, 2.75) is 12.3 Å². The van der Waals surface area contributed by atoms with E-state index in [1.807, 2.05) is 42.5 Å². The zero-order valence-electron chi connectivity index (χ0n) is 14.4. The Morgan fingerprint density at radius 3 is 2.41 bits per heavy atom. The molecule has 136 valence electrons. The highest BCUT2D eigenvalue weighted by Gasteiger charge is 2.35. The van der Waals surface area contributed by atoms with E-state index in [1.54, 1.807) is 4.90 Å². The second-order valence-corrected chi connectivity index (χ2v) is 7.96. The van der Waals surface area contributed by atoms with E-state index in [-0.39, 0.29) is 24.8 Å². The Morgan fingerprint density at radius 2 is 1.70 bits per heavy atom. The summed E-state index contributed by atoms with van der Waals surface area (Å²) in [5.41, 5.74) is 2.66. The summed E-state index contributed by atoms with van der Waals surface area (Å²) in [5.74, 6) is -0.250. The van der Waals surface area contributed by atoms with E-state index in [0.717, 1.165) is 27.6 Å². The van der Waals surface area contributed by atoms with E-state index < -0.39 is 0 Å². The topological polar surface area (TPSA) is 20.3 Å². The highest BCUT2D eigenvalue weighted by molar-refractivity contribution is 6.36. The quantitative estimate of drug-likeness (QED) is 0.461. The van der Waals surface area contributed by atoms with Crippen molar-refractivity contribution in [2.75, 3.05) is 11.4 Å². The van der Waals surface area contributed by atoms with Crippen molar-refractivity contribution >= 4 is 57.2 Å². The molecule has 0 radical (unpaired) electrons. The van der Waals surface area contributed by atoms with Gasteiger partial charge in [0, 0.05) is 33.1 Å². The summed E-state index contributed by atoms with van der Waals surface area (Å²) in [6.45, 7) is 4.03. The van der Waals surface area contributed by atoms with Gasteiger partial charge in [0.1, 0.15) is 0 Å². The van der Waals surface area contributed by atoms with Gasteiger partial charge in [-0.15, -0.1) is 0 Å². The fourth-order valence-electron chi connectivity index (χ4n) is 3.84. The van der Waals surface area contributed by atoms with Crippen molar-refractivity contribution < 1.29 is 4.79 Å². The van der Waals surface area contributed by atoms with E-state index >= 15 is 0 Å². The third-order valence-electron chi connectivity index (χ3n) is 4.94. The van der Waals surface area contributed by atoms with Crippen LogP contribution in [0.2, 0.25) is 10.0 Å². The summed E-state index contributed by atoms with van der Waals surface area (Å²) < 4.78 is 0. The van der Waals surface area contributed by atoms with Crippen LogP contribution in [0.1, 0.15) is 23.5 Å². The molecule has 0 fully saturated rings. The minimum atomic E-state index is -0.223. The van der Waals surface area contributed by atoms with Crippen LogP contribution in [0.25, 0.3) is 10.8 Å². The number of anilines is 1. The maximum atomic E-state index is 13.0. The standard InChI is InChI=1S/C22H16Cl3NO/c1-13(23)12-26-19-10-9-14-5-2-3-6-15(14)21(19)16(11-20(26)27)22-17(24)7-4-8-18(22)25/h2-10,16H,1,11-12H2. The summed E-state index contributed by atoms with van der Waals surface area (Å²) in [4.78, 5) is 14.7. The van der Waals surface area contributed by atoms with Gasteiger partial charge in [0.15, 0.2) is 0 Å². The number of carbonyl (C=O) groups excluding carboxylic acids is 1. The van der Waals surface area contributed by atoms with Gasteiger partial charge in [0.2, 0.25) is 5.91 Å². The average Bonchev–Trinajstić information content (AvgIpc) is 2.63. The van der Waals surface area contributed by atoms with Crippen molar-refractivity contribution in [3.63, 3.8) is 0 Å². The second-order valence-electron chi connectivity index (χ2n) is 6.61. The Kier molecular flexibility index (Phi) is 4.90. The van der Waals surface area contributed by atoms with Crippen LogP contribution in [0.4, 0.5) is 5.69 Å². The number of benzene rings is 3. The molecule has 5 heteroatoms. The zero-order chi connectivity index (χ0) is 19.1. The molecule has 1 unspecified atom stereocenters. The summed E-state index contributed by atoms with van der Waals surface area (Å²) in [6, 6.07) is 17.5. The Morgan fingerprint density at radius 1 is 1.00 bits per heavy atom. The molecular formula is C22H16Cl3NO. The van der Waals surface area contributed by atoms with Gasteiger partial charge in [-0.2, -0.15) is 0 Å². The lowest BCUT2D eigenvalue weighted by molar-refractivity contribution is -0.119. The Labute approximate surface area is 172 Å². The highest BCUT2D eigenvalue weighted by atomic mass is 35.5. The SMILES string of the molecule is C=C(Cl)CN1C(=O)CC(c2c(Cl)cccc2Cl)c2c1ccc1ccccc21. The lowest BCUT2D eigenvalue weighted by atomic mass is 9.81. The summed E-state index contributed by atoms with van der Waals surface area (Å²) in [6.07, 6.45) is 0.272. The first kappa shape index (κ1) is 18.4. The van der Waals surface area contributed by atoms with Crippen LogP contribution >= 0.6 is 34.8 Å². The summed E-state index contributed by atoms with van der Waals surface area (Å²) >= 11 is 19.0. The molecular weight excluding hydrogens is 401 g/mol. The number of hydrogen-bond acceptors (Lipinski definition) is 1. The van der Waals surface area contributed by atoms with E-state index in [9.17, 15) is 4.79 Å². The summed E-state index contributed by atoms with van der Waals surface area (Å²) in [7, 11) is 0. The number of carbonyl (C=O) groups is 1. The van der Waals surface area contributed by atoms with Crippen molar-refractivity contribution in [1.29, 1.82) is 0 Å². The number of rotatable bonds is 3. The fraction of sp³-hybridized carbons (Fsp3) is 0.136. The molecule has 1 aliphatic heterocycles. The van der Waals surface area contributed by atoms with Gasteiger partial charge < -0.3 is 4.90 Å². The molecule has 0 spiro atoms. The monoisotopic (exact) mass is 415 g/mol. The lowest BCUT2D eigenvalue weighted by Crippen LogP contribution is -2.38. The van der Waals surface area contributed by atoms with Crippen LogP contribution in [0.15, 0.2) is 66.2 Å². The minimum Gasteiger partial charge on any atom is -0.307 e. The molecule has 3 aromatic rings. The normalized spacial score (nSPS) is 16.5. The number of amides is 1. The predicted molar refractivity (Wildman–Crippen MR) is 114 cm³/mol. The van der Waals surface area contributed by atoms with Crippen molar-refractivity contribution in [2.24, 2.45) is 0 Å². The Hall–Kier alpha value is -2.00. The third kappa shape index (κ3) is 3.23. The first-order valence-corrected chi connectivity index (χ1v) is 9.70. The van der Waals surface area contributed by atoms with Crippen LogP contribution < -0.4 is 4.90 Å². The van der Waals surface area contributed by atoms with Gasteiger partial charge in [-0.1, -0.05) is 77.8 Å². The van der Waals surface area contributed by atoms with E-state index in [2.05, 4.69) is 18.7 Å². The van der Waals surface area contributed by atoms with Crippen LogP contribution in [-0.2, 0) is 4.79 Å². The molecule has 1 heterocycles. The summed E-state index contributed by atoms with van der Waals surface area (Å²) in [5, 5.41) is 3.72. The van der Waals surface area contributed by atoms with Gasteiger partial charge >= 0.3 is 0 Å². The zero-order valence-corrected chi connectivity index (χ0v) is 16.7. The maximum Gasteiger partial charge on any atom is 0.228 e. The first-order chi connectivity index (χ1) is 13.0. The number of halogens is 3. The number of nitrogens with zero attached hydrogens (tertiary/aromatic N) is 1. The lowest BCUT2D eigenvalue weighted by Gasteiger charge is -2.35. The van der Waals surface area contributed by atoms with Crippen molar-refractivity contribution in [3.05, 3.63) is 87.4 Å². The van der Waals surface area contributed by atoms with E-state index in [4.69, 9.17) is 34.8 Å². The molecule has 0 saturated carbocycles. The van der Waals surface area contributed by atoms with Crippen molar-refractivity contribution in [1.82, 2.24) is 0 Å². The van der Waals surface area contributed by atoms with Crippen LogP contribution in [-0.4, -0.2) is 12.5 Å². The molecule has 27 heavy (non-hydrogen) atoms. The molecule has 3 aromatic carbocycles. The predicted octanol–water partition coefficient (Wildman–Crippen LogP) is 6.77. The molecule has 0 bridgehead atoms.